The van der Waals surface area contributed by atoms with E-state index in [1.54, 1.807) is 7.11 Å². The lowest BCUT2D eigenvalue weighted by Gasteiger charge is -2.25. The number of aromatic nitrogens is 5. The maximum Gasteiger partial charge on any atom is 0.191 e. The van der Waals surface area contributed by atoms with Gasteiger partial charge in [-0.25, -0.2) is 19.3 Å². The van der Waals surface area contributed by atoms with Crippen molar-refractivity contribution in [3.8, 4) is 5.69 Å². The van der Waals surface area contributed by atoms with Crippen molar-refractivity contribution in [3.05, 3.63) is 58.9 Å². The quantitative estimate of drug-likeness (QED) is 0.261. The number of aliphatic imine (C=N–C) groups is 1. The van der Waals surface area contributed by atoms with Gasteiger partial charge in [-0.1, -0.05) is 18.2 Å². The van der Waals surface area contributed by atoms with E-state index >= 15 is 0 Å². The lowest BCUT2D eigenvalue weighted by atomic mass is 10.1. The Labute approximate surface area is 212 Å². The molecule has 0 spiro atoms. The first-order valence-electron chi connectivity index (χ1n) is 11.2. The zero-order valence-corrected chi connectivity index (χ0v) is 22.0. The molecular formula is C23H33IN8O. The van der Waals surface area contributed by atoms with Crippen LogP contribution in [0.5, 0.6) is 0 Å². The summed E-state index contributed by atoms with van der Waals surface area (Å²) in [5.74, 6) is 2.58. The van der Waals surface area contributed by atoms with Crippen molar-refractivity contribution in [3.63, 3.8) is 0 Å². The summed E-state index contributed by atoms with van der Waals surface area (Å²) in [6.45, 7) is 8.80. The number of hydrogen-bond donors (Lipinski definition) is 2. The molecule has 3 aromatic rings. The minimum Gasteiger partial charge on any atom is -0.377 e. The fraction of sp³-hybridized carbons (Fsp3) is 0.478. The average Bonchev–Trinajstić information content (AvgIpc) is 3.32. The number of hydrogen-bond acceptors (Lipinski definition) is 5. The van der Waals surface area contributed by atoms with Gasteiger partial charge in [0.15, 0.2) is 11.8 Å². The van der Waals surface area contributed by atoms with Gasteiger partial charge in [0.05, 0.1) is 24.5 Å². The van der Waals surface area contributed by atoms with Crippen molar-refractivity contribution in [1.29, 1.82) is 0 Å². The Bertz CT molecular complexity index is 1080. The first-order chi connectivity index (χ1) is 15.6. The molecule has 1 aromatic carbocycles. The van der Waals surface area contributed by atoms with E-state index in [9.17, 15) is 0 Å². The van der Waals surface area contributed by atoms with E-state index in [2.05, 4.69) is 46.7 Å². The molecule has 0 fully saturated rings. The predicted molar refractivity (Wildman–Crippen MR) is 139 cm³/mol. The summed E-state index contributed by atoms with van der Waals surface area (Å²) in [4.78, 5) is 9.43. The van der Waals surface area contributed by atoms with Crippen LogP contribution in [0.25, 0.3) is 5.69 Å². The minimum atomic E-state index is 0. The molecule has 3 heterocycles. The third-order valence-corrected chi connectivity index (χ3v) is 5.70. The molecule has 1 aliphatic heterocycles. The summed E-state index contributed by atoms with van der Waals surface area (Å²) in [5.41, 5.74) is 4.33. The molecule has 2 N–H and O–H groups in total. The van der Waals surface area contributed by atoms with E-state index in [1.807, 2.05) is 34.5 Å². The highest BCUT2D eigenvalue weighted by Crippen LogP contribution is 2.19. The van der Waals surface area contributed by atoms with Gasteiger partial charge in [0.2, 0.25) is 0 Å². The van der Waals surface area contributed by atoms with Gasteiger partial charge in [0.1, 0.15) is 12.4 Å². The fourth-order valence-electron chi connectivity index (χ4n) is 4.06. The molecule has 178 valence electrons. The van der Waals surface area contributed by atoms with Crippen LogP contribution >= 0.6 is 24.0 Å². The van der Waals surface area contributed by atoms with E-state index in [0.717, 1.165) is 66.2 Å². The number of methoxy groups -OCH3 is 1. The van der Waals surface area contributed by atoms with Gasteiger partial charge >= 0.3 is 0 Å². The Hall–Kier alpha value is -2.47. The monoisotopic (exact) mass is 564 g/mol. The van der Waals surface area contributed by atoms with Crippen molar-refractivity contribution >= 4 is 29.9 Å². The summed E-state index contributed by atoms with van der Waals surface area (Å²) in [7, 11) is 1.66. The minimum absolute atomic E-state index is 0. The Morgan fingerprint density at radius 2 is 2.00 bits per heavy atom. The lowest BCUT2D eigenvalue weighted by molar-refractivity contribution is 0.177. The van der Waals surface area contributed by atoms with E-state index in [1.165, 1.54) is 0 Å². The molecule has 1 atom stereocenters. The second-order valence-electron chi connectivity index (χ2n) is 8.03. The highest BCUT2D eigenvalue weighted by molar-refractivity contribution is 14.0. The predicted octanol–water partition coefficient (Wildman–Crippen LogP) is 2.92. The fourth-order valence-corrected chi connectivity index (χ4v) is 4.06. The number of para-hydroxylation sites is 1. The van der Waals surface area contributed by atoms with Crippen molar-refractivity contribution in [2.75, 3.05) is 13.7 Å². The Morgan fingerprint density at radius 3 is 2.73 bits per heavy atom. The number of fused-ring (bicyclic) bond motifs is 1. The molecular weight excluding hydrogens is 531 g/mol. The molecule has 4 rings (SSSR count). The van der Waals surface area contributed by atoms with Gasteiger partial charge in [-0.2, -0.15) is 10.2 Å². The SMILES string of the molecule is CCNC(=NCc1c(C)nn(-c2ccccc2)c1C)NC1CCc2nc(COC)nn2C1.I. The molecule has 33 heavy (non-hydrogen) atoms. The number of halogens is 1. The molecule has 2 aromatic heterocycles. The summed E-state index contributed by atoms with van der Waals surface area (Å²) in [6, 6.07) is 10.4. The Balaban J connectivity index is 0.00000306. The normalized spacial score (nSPS) is 15.6. The highest BCUT2D eigenvalue weighted by atomic mass is 127. The number of nitrogens with one attached hydrogen (secondary N) is 2. The number of benzene rings is 1. The first-order valence-corrected chi connectivity index (χ1v) is 11.2. The first kappa shape index (κ1) is 25.2. The maximum absolute atomic E-state index is 5.16. The van der Waals surface area contributed by atoms with Crippen LogP contribution in [0.3, 0.4) is 0 Å². The second-order valence-corrected chi connectivity index (χ2v) is 8.03. The molecule has 9 nitrogen and oxygen atoms in total. The topological polar surface area (TPSA) is 94.2 Å². The van der Waals surface area contributed by atoms with Crippen molar-refractivity contribution < 1.29 is 4.74 Å². The van der Waals surface area contributed by atoms with E-state index in [0.29, 0.717) is 13.2 Å². The van der Waals surface area contributed by atoms with Gasteiger partial charge in [0.25, 0.3) is 0 Å². The van der Waals surface area contributed by atoms with Gasteiger partial charge in [-0.3, -0.25) is 0 Å². The number of rotatable bonds is 7. The van der Waals surface area contributed by atoms with Crippen molar-refractivity contribution in [2.45, 2.75) is 59.4 Å². The standard InChI is InChI=1S/C23H32N8O.HI/c1-5-24-23(26-18-11-12-22-27-21(15-32-4)29-30(22)14-18)25-13-20-16(2)28-31(17(20)3)19-9-7-6-8-10-19;/h6-10,18H,5,11-15H2,1-4H3,(H2,24,25,26);1H. The molecule has 1 aliphatic rings. The third-order valence-electron chi connectivity index (χ3n) is 5.70. The third kappa shape index (κ3) is 5.91. The number of ether oxygens (including phenoxy) is 1. The van der Waals surface area contributed by atoms with Crippen LogP contribution in [0, 0.1) is 13.8 Å². The number of nitrogens with zero attached hydrogens (tertiary/aromatic N) is 6. The van der Waals surface area contributed by atoms with E-state index in [-0.39, 0.29) is 30.0 Å². The van der Waals surface area contributed by atoms with Crippen LogP contribution in [-0.4, -0.2) is 50.2 Å². The van der Waals surface area contributed by atoms with Crippen LogP contribution in [0.15, 0.2) is 35.3 Å². The van der Waals surface area contributed by atoms with Gasteiger partial charge < -0.3 is 15.4 Å². The van der Waals surface area contributed by atoms with Gasteiger partial charge in [-0.15, -0.1) is 24.0 Å². The Morgan fingerprint density at radius 1 is 1.21 bits per heavy atom. The summed E-state index contributed by atoms with van der Waals surface area (Å²) >= 11 is 0. The molecule has 0 saturated heterocycles. The zero-order valence-electron chi connectivity index (χ0n) is 19.7. The average molecular weight is 564 g/mol. The molecule has 0 saturated carbocycles. The van der Waals surface area contributed by atoms with Crippen LogP contribution in [0.2, 0.25) is 0 Å². The summed E-state index contributed by atoms with van der Waals surface area (Å²) in [6.07, 6.45) is 1.87. The van der Waals surface area contributed by atoms with E-state index in [4.69, 9.17) is 14.8 Å². The molecule has 10 heteroatoms. The van der Waals surface area contributed by atoms with Crippen LogP contribution in [0.1, 0.15) is 41.9 Å². The smallest absolute Gasteiger partial charge is 0.191 e. The molecule has 1 unspecified atom stereocenters. The van der Waals surface area contributed by atoms with Crippen molar-refractivity contribution in [1.82, 2.24) is 35.2 Å². The molecule has 0 aliphatic carbocycles. The largest absolute Gasteiger partial charge is 0.377 e. The maximum atomic E-state index is 5.16. The highest BCUT2D eigenvalue weighted by Gasteiger charge is 2.22. The number of aryl methyl sites for hydroxylation is 2. The lowest BCUT2D eigenvalue weighted by Crippen LogP contribution is -2.47. The van der Waals surface area contributed by atoms with Crippen LogP contribution in [-0.2, 0) is 30.9 Å². The van der Waals surface area contributed by atoms with Gasteiger partial charge in [0, 0.05) is 37.4 Å². The van der Waals surface area contributed by atoms with Crippen molar-refractivity contribution in [2.24, 2.45) is 4.99 Å². The zero-order chi connectivity index (χ0) is 22.5. The molecule has 0 amide bonds. The van der Waals surface area contributed by atoms with E-state index < -0.39 is 0 Å². The molecule has 0 radical (unpaired) electrons. The molecule has 0 bridgehead atoms. The van der Waals surface area contributed by atoms with Crippen LogP contribution < -0.4 is 10.6 Å². The number of guanidine groups is 1. The van der Waals surface area contributed by atoms with Crippen LogP contribution in [0.4, 0.5) is 0 Å². The van der Waals surface area contributed by atoms with Gasteiger partial charge in [-0.05, 0) is 39.3 Å². The second kappa shape index (κ2) is 11.6. The summed E-state index contributed by atoms with van der Waals surface area (Å²) in [5, 5.41) is 16.3. The Kier molecular flexibility index (Phi) is 8.84. The summed E-state index contributed by atoms with van der Waals surface area (Å²) < 4.78 is 9.14.